The van der Waals surface area contributed by atoms with Crippen LogP contribution in [-0.2, 0) is 0 Å². The highest BCUT2D eigenvalue weighted by Crippen LogP contribution is 2.38. The molecule has 0 bridgehead atoms. The van der Waals surface area contributed by atoms with Crippen molar-refractivity contribution in [1.29, 1.82) is 0 Å². The summed E-state index contributed by atoms with van der Waals surface area (Å²) in [5, 5.41) is 3.89. The Morgan fingerprint density at radius 3 is 2.38 bits per heavy atom. The van der Waals surface area contributed by atoms with Crippen LogP contribution in [0.4, 0.5) is 0 Å². The second-order valence-electron chi connectivity index (χ2n) is 7.76. The van der Waals surface area contributed by atoms with E-state index in [-0.39, 0.29) is 0 Å². The minimum atomic E-state index is 0.443. The van der Waals surface area contributed by atoms with Crippen LogP contribution >= 0.6 is 0 Å². The third-order valence-electron chi connectivity index (χ3n) is 5.58. The van der Waals surface area contributed by atoms with Gasteiger partial charge in [0.15, 0.2) is 0 Å². The largest absolute Gasteiger partial charge is 0.312 e. The third kappa shape index (κ3) is 4.43. The molecule has 3 nitrogen and oxygen atoms in total. The van der Waals surface area contributed by atoms with E-state index < -0.39 is 0 Å². The molecule has 3 heteroatoms. The summed E-state index contributed by atoms with van der Waals surface area (Å²) in [6, 6.07) is 1.42. The molecule has 0 spiro atoms. The Kier molecular flexibility index (Phi) is 6.51. The van der Waals surface area contributed by atoms with E-state index in [1.165, 1.54) is 71.4 Å². The molecule has 2 rings (SSSR count). The van der Waals surface area contributed by atoms with Crippen LogP contribution < -0.4 is 5.32 Å². The lowest BCUT2D eigenvalue weighted by Gasteiger charge is -2.50. The third-order valence-corrected chi connectivity index (χ3v) is 5.58. The van der Waals surface area contributed by atoms with E-state index in [0.717, 1.165) is 6.04 Å². The Bertz CT molecular complexity index is 295. The zero-order valence-electron chi connectivity index (χ0n) is 14.8. The first-order valence-electron chi connectivity index (χ1n) is 9.28. The molecule has 2 atom stereocenters. The quantitative estimate of drug-likeness (QED) is 0.813. The monoisotopic (exact) mass is 295 g/mol. The predicted molar refractivity (Wildman–Crippen MR) is 91.8 cm³/mol. The van der Waals surface area contributed by atoms with E-state index in [4.69, 9.17) is 0 Å². The number of hydrogen-bond donors (Lipinski definition) is 1. The smallest absolute Gasteiger partial charge is 0.0274 e. The van der Waals surface area contributed by atoms with Crippen molar-refractivity contribution in [3.8, 4) is 0 Å². The van der Waals surface area contributed by atoms with Crippen LogP contribution in [0.5, 0.6) is 0 Å². The zero-order chi connectivity index (χ0) is 15.3. The van der Waals surface area contributed by atoms with Gasteiger partial charge in [0.05, 0.1) is 0 Å². The summed E-state index contributed by atoms with van der Waals surface area (Å²) in [7, 11) is 0. The summed E-state index contributed by atoms with van der Waals surface area (Å²) in [4.78, 5) is 5.43. The van der Waals surface area contributed by atoms with Gasteiger partial charge >= 0.3 is 0 Å². The minimum absolute atomic E-state index is 0.443. The fourth-order valence-corrected chi connectivity index (χ4v) is 4.35. The molecule has 1 N–H and O–H groups in total. The number of nitrogens with zero attached hydrogens (tertiary/aromatic N) is 2. The molecule has 0 aromatic rings. The Hall–Kier alpha value is -0.120. The van der Waals surface area contributed by atoms with Crippen LogP contribution in [0.2, 0.25) is 0 Å². The van der Waals surface area contributed by atoms with Crippen LogP contribution in [0.1, 0.15) is 59.8 Å². The van der Waals surface area contributed by atoms with Gasteiger partial charge in [-0.2, -0.15) is 0 Å². The molecule has 0 amide bonds. The van der Waals surface area contributed by atoms with Crippen molar-refractivity contribution in [2.75, 3.05) is 39.3 Å². The maximum Gasteiger partial charge on any atom is 0.0274 e. The Balaban J connectivity index is 1.96. The summed E-state index contributed by atoms with van der Waals surface area (Å²) in [6.07, 6.45) is 6.69. The average Bonchev–Trinajstić information content (AvgIpc) is 2.46. The lowest BCUT2D eigenvalue weighted by atomic mass is 9.70. The molecular formula is C18H37N3. The number of hydrogen-bond acceptors (Lipinski definition) is 3. The first kappa shape index (κ1) is 17.2. The molecule has 2 unspecified atom stereocenters. The molecule has 1 aliphatic heterocycles. The Morgan fingerprint density at radius 1 is 1.05 bits per heavy atom. The van der Waals surface area contributed by atoms with Crippen LogP contribution in [0, 0.1) is 5.41 Å². The summed E-state index contributed by atoms with van der Waals surface area (Å²) in [5.41, 5.74) is 0.443. The predicted octanol–water partition coefficient (Wildman–Crippen LogP) is 2.96. The molecule has 0 radical (unpaired) electrons. The highest BCUT2D eigenvalue weighted by Gasteiger charge is 2.41. The standard InChI is InChI=1S/C18H37N3/c1-5-10-19-17-16(8-7-9-18(17,3)4)21-14-12-20(11-6-2)13-15-21/h16-17,19H,5-15H2,1-4H3. The highest BCUT2D eigenvalue weighted by atomic mass is 15.3. The molecule has 1 heterocycles. The summed E-state index contributed by atoms with van der Waals surface area (Å²) >= 11 is 0. The van der Waals surface area contributed by atoms with Crippen molar-refractivity contribution >= 4 is 0 Å². The van der Waals surface area contributed by atoms with Gasteiger partial charge in [-0.25, -0.2) is 0 Å². The van der Waals surface area contributed by atoms with E-state index in [1.54, 1.807) is 0 Å². The molecule has 124 valence electrons. The van der Waals surface area contributed by atoms with Gasteiger partial charge in [-0.05, 0) is 44.2 Å². The van der Waals surface area contributed by atoms with Gasteiger partial charge in [-0.15, -0.1) is 0 Å². The van der Waals surface area contributed by atoms with E-state index in [2.05, 4.69) is 42.8 Å². The fourth-order valence-electron chi connectivity index (χ4n) is 4.35. The van der Waals surface area contributed by atoms with Crippen LogP contribution in [0.25, 0.3) is 0 Å². The summed E-state index contributed by atoms with van der Waals surface area (Å²) in [6.45, 7) is 17.0. The van der Waals surface area contributed by atoms with Gasteiger partial charge in [-0.3, -0.25) is 4.90 Å². The van der Waals surface area contributed by atoms with Crippen LogP contribution in [0.15, 0.2) is 0 Å². The zero-order valence-corrected chi connectivity index (χ0v) is 14.8. The number of rotatable bonds is 6. The topological polar surface area (TPSA) is 18.5 Å². The van der Waals surface area contributed by atoms with Crippen molar-refractivity contribution in [2.45, 2.75) is 71.9 Å². The SMILES string of the molecule is CCCNC1C(N2CCN(CCC)CC2)CCCC1(C)C. The second-order valence-corrected chi connectivity index (χ2v) is 7.76. The maximum atomic E-state index is 3.89. The second kappa shape index (κ2) is 7.94. The lowest BCUT2D eigenvalue weighted by Crippen LogP contribution is -2.62. The number of nitrogens with one attached hydrogen (secondary N) is 1. The Labute approximate surface area is 132 Å². The molecule has 21 heavy (non-hydrogen) atoms. The van der Waals surface area contributed by atoms with Crippen molar-refractivity contribution in [3.05, 3.63) is 0 Å². The van der Waals surface area contributed by atoms with Gasteiger partial charge in [0.2, 0.25) is 0 Å². The molecule has 2 aliphatic rings. The molecule has 2 fully saturated rings. The van der Waals surface area contributed by atoms with Gasteiger partial charge < -0.3 is 10.2 Å². The molecule has 1 saturated heterocycles. The van der Waals surface area contributed by atoms with Crippen molar-refractivity contribution in [3.63, 3.8) is 0 Å². The fraction of sp³-hybridized carbons (Fsp3) is 1.00. The maximum absolute atomic E-state index is 3.89. The lowest BCUT2D eigenvalue weighted by molar-refractivity contribution is 0.0184. The Morgan fingerprint density at radius 2 is 1.76 bits per heavy atom. The summed E-state index contributed by atoms with van der Waals surface area (Å²) in [5.74, 6) is 0. The van der Waals surface area contributed by atoms with Gasteiger partial charge in [-0.1, -0.05) is 34.1 Å². The first-order valence-corrected chi connectivity index (χ1v) is 9.28. The van der Waals surface area contributed by atoms with E-state index in [1.807, 2.05) is 0 Å². The molecular weight excluding hydrogens is 258 g/mol. The van der Waals surface area contributed by atoms with E-state index >= 15 is 0 Å². The van der Waals surface area contributed by atoms with E-state index in [9.17, 15) is 0 Å². The van der Waals surface area contributed by atoms with Crippen molar-refractivity contribution in [2.24, 2.45) is 5.41 Å². The van der Waals surface area contributed by atoms with Crippen molar-refractivity contribution in [1.82, 2.24) is 15.1 Å². The average molecular weight is 296 g/mol. The normalized spacial score (nSPS) is 31.4. The minimum Gasteiger partial charge on any atom is -0.312 e. The van der Waals surface area contributed by atoms with Crippen LogP contribution in [0.3, 0.4) is 0 Å². The summed E-state index contributed by atoms with van der Waals surface area (Å²) < 4.78 is 0. The molecule has 1 saturated carbocycles. The van der Waals surface area contributed by atoms with Gasteiger partial charge in [0.1, 0.15) is 0 Å². The molecule has 0 aromatic carbocycles. The van der Waals surface area contributed by atoms with Gasteiger partial charge in [0, 0.05) is 38.3 Å². The first-order chi connectivity index (χ1) is 10.1. The van der Waals surface area contributed by atoms with E-state index in [0.29, 0.717) is 11.5 Å². The highest BCUT2D eigenvalue weighted by molar-refractivity contribution is 4.99. The molecule has 0 aromatic heterocycles. The number of piperazine rings is 1. The van der Waals surface area contributed by atoms with Crippen molar-refractivity contribution < 1.29 is 0 Å². The van der Waals surface area contributed by atoms with Crippen LogP contribution in [-0.4, -0.2) is 61.2 Å². The van der Waals surface area contributed by atoms with Gasteiger partial charge in [0.25, 0.3) is 0 Å². The molecule has 1 aliphatic carbocycles.